The van der Waals surface area contributed by atoms with Gasteiger partial charge in [0.2, 0.25) is 0 Å². The maximum atomic E-state index is 12.7. The molecule has 0 spiro atoms. The fraction of sp³-hybridized carbons (Fsp3) is 0.611. The molecule has 1 amide bonds. The minimum Gasteiger partial charge on any atom is -0.381 e. The predicted molar refractivity (Wildman–Crippen MR) is 98.2 cm³/mol. The summed E-state index contributed by atoms with van der Waals surface area (Å²) in [6.07, 6.45) is 6.73. The minimum absolute atomic E-state index is 0.0596. The van der Waals surface area contributed by atoms with Crippen LogP contribution in [0.25, 0.3) is 10.3 Å². The Morgan fingerprint density at radius 3 is 2.76 bits per heavy atom. The molecule has 2 fully saturated rings. The molecule has 0 radical (unpaired) electrons. The summed E-state index contributed by atoms with van der Waals surface area (Å²) in [7, 11) is 3.61. The Hall–Kier alpha value is -1.57. The van der Waals surface area contributed by atoms with E-state index < -0.39 is 0 Å². The number of ether oxygens (including phenoxy) is 1. The molecular weight excluding hydrogens is 336 g/mol. The number of aromatic nitrogens is 2. The van der Waals surface area contributed by atoms with Crippen LogP contribution in [0.3, 0.4) is 0 Å². The van der Waals surface area contributed by atoms with Gasteiger partial charge < -0.3 is 9.64 Å². The molecule has 0 saturated carbocycles. The van der Waals surface area contributed by atoms with Crippen LogP contribution in [0.4, 0.5) is 0 Å². The lowest BCUT2D eigenvalue weighted by Gasteiger charge is -2.31. The van der Waals surface area contributed by atoms with E-state index in [1.54, 1.807) is 31.4 Å². The van der Waals surface area contributed by atoms with Crippen molar-refractivity contribution in [3.8, 4) is 0 Å². The Bertz CT molecular complexity index is 770. The summed E-state index contributed by atoms with van der Waals surface area (Å²) in [4.78, 5) is 27.6. The van der Waals surface area contributed by atoms with Crippen molar-refractivity contribution in [3.05, 3.63) is 22.8 Å². The Morgan fingerprint density at radius 1 is 1.24 bits per heavy atom. The van der Waals surface area contributed by atoms with Crippen LogP contribution in [-0.2, 0) is 4.74 Å². The highest BCUT2D eigenvalue weighted by molar-refractivity contribution is 7.20. The van der Waals surface area contributed by atoms with Gasteiger partial charge in [0.1, 0.15) is 10.3 Å². The van der Waals surface area contributed by atoms with Crippen LogP contribution >= 0.6 is 11.3 Å². The topological polar surface area (TPSA) is 58.6 Å². The maximum Gasteiger partial charge on any atom is 0.263 e. The van der Waals surface area contributed by atoms with Crippen LogP contribution < -0.4 is 0 Å². The van der Waals surface area contributed by atoms with E-state index in [1.165, 1.54) is 11.3 Å². The lowest BCUT2D eigenvalue weighted by molar-refractivity contribution is 0.0419. The fourth-order valence-corrected chi connectivity index (χ4v) is 5.20. The lowest BCUT2D eigenvalue weighted by atomic mass is 9.97. The second-order valence-corrected chi connectivity index (χ2v) is 8.08. The third kappa shape index (κ3) is 3.16. The summed E-state index contributed by atoms with van der Waals surface area (Å²) >= 11 is 1.48. The molecule has 4 rings (SSSR count). The summed E-state index contributed by atoms with van der Waals surface area (Å²) in [5.74, 6) is 0.413. The van der Waals surface area contributed by atoms with Crippen molar-refractivity contribution < 1.29 is 9.53 Å². The van der Waals surface area contributed by atoms with Gasteiger partial charge in [0.25, 0.3) is 5.91 Å². The zero-order chi connectivity index (χ0) is 17.4. The van der Waals surface area contributed by atoms with E-state index in [0.717, 1.165) is 66.4 Å². The van der Waals surface area contributed by atoms with Gasteiger partial charge in [0.15, 0.2) is 0 Å². The zero-order valence-corrected chi connectivity index (χ0v) is 15.6. The van der Waals surface area contributed by atoms with Gasteiger partial charge in [-0.2, -0.15) is 0 Å². The van der Waals surface area contributed by atoms with Crippen LogP contribution in [0, 0.1) is 0 Å². The zero-order valence-electron chi connectivity index (χ0n) is 14.8. The molecule has 2 saturated heterocycles. The summed E-state index contributed by atoms with van der Waals surface area (Å²) < 4.78 is 5.50. The van der Waals surface area contributed by atoms with Crippen molar-refractivity contribution in [1.82, 2.24) is 19.8 Å². The molecule has 0 aliphatic carbocycles. The fourth-order valence-electron chi connectivity index (χ4n) is 3.99. The average molecular weight is 360 g/mol. The predicted octanol–water partition coefficient (Wildman–Crippen LogP) is 2.36. The van der Waals surface area contributed by atoms with E-state index in [2.05, 4.69) is 14.9 Å². The Morgan fingerprint density at radius 2 is 2.00 bits per heavy atom. The molecule has 2 aliphatic rings. The van der Waals surface area contributed by atoms with E-state index in [9.17, 15) is 4.79 Å². The van der Waals surface area contributed by atoms with Crippen molar-refractivity contribution >= 4 is 27.6 Å². The van der Waals surface area contributed by atoms with Crippen molar-refractivity contribution in [2.45, 2.75) is 31.2 Å². The molecule has 6 nitrogen and oxygen atoms in total. The van der Waals surface area contributed by atoms with Gasteiger partial charge in [0.05, 0.1) is 4.88 Å². The highest BCUT2D eigenvalue weighted by Crippen LogP contribution is 2.39. The first kappa shape index (κ1) is 16.9. The van der Waals surface area contributed by atoms with Gasteiger partial charge in [-0.05, 0) is 25.8 Å². The molecule has 25 heavy (non-hydrogen) atoms. The van der Waals surface area contributed by atoms with E-state index in [-0.39, 0.29) is 5.91 Å². The molecule has 2 aromatic heterocycles. The lowest BCUT2D eigenvalue weighted by Crippen LogP contribution is -2.37. The quantitative estimate of drug-likeness (QED) is 0.841. The van der Waals surface area contributed by atoms with Crippen molar-refractivity contribution in [1.29, 1.82) is 0 Å². The molecule has 0 aromatic carbocycles. The van der Waals surface area contributed by atoms with Crippen molar-refractivity contribution in [2.75, 3.05) is 40.4 Å². The number of hydrogen-bond acceptors (Lipinski definition) is 6. The van der Waals surface area contributed by atoms with E-state index in [4.69, 9.17) is 4.74 Å². The summed E-state index contributed by atoms with van der Waals surface area (Å²) in [6, 6.07) is 0.614. The Kier molecular flexibility index (Phi) is 4.71. The number of rotatable bonds is 3. The molecular formula is C18H24N4O2S. The van der Waals surface area contributed by atoms with Gasteiger partial charge in [0, 0.05) is 63.8 Å². The monoisotopic (exact) mass is 360 g/mol. The first-order valence-corrected chi connectivity index (χ1v) is 9.73. The number of likely N-dealkylation sites (tertiary alicyclic amines) is 1. The molecule has 1 atom stereocenters. The highest BCUT2D eigenvalue weighted by atomic mass is 32.1. The molecule has 0 N–H and O–H groups in total. The van der Waals surface area contributed by atoms with E-state index in [1.807, 2.05) is 0 Å². The largest absolute Gasteiger partial charge is 0.381 e. The standard InChI is InChI=1S/C18H24N4O2S/c1-21(2)18(23)16-14(15-17(25-16)20-7-6-19-15)12-3-8-22(11-12)13-4-9-24-10-5-13/h6-7,12-13H,3-5,8-11H2,1-2H3. The van der Waals surface area contributed by atoms with E-state index >= 15 is 0 Å². The number of carbonyl (C=O) groups is 1. The van der Waals surface area contributed by atoms with Crippen LogP contribution in [0.1, 0.15) is 40.4 Å². The summed E-state index contributed by atoms with van der Waals surface area (Å²) in [5.41, 5.74) is 2.03. The van der Waals surface area contributed by atoms with Crippen LogP contribution in [0.5, 0.6) is 0 Å². The van der Waals surface area contributed by atoms with Gasteiger partial charge in [-0.15, -0.1) is 11.3 Å². The first-order chi connectivity index (χ1) is 12.1. The molecule has 1 unspecified atom stereocenters. The third-order valence-corrected chi connectivity index (χ3v) is 6.39. The number of nitrogens with zero attached hydrogens (tertiary/aromatic N) is 4. The molecule has 134 valence electrons. The number of fused-ring (bicyclic) bond motifs is 1. The SMILES string of the molecule is CN(C)C(=O)c1sc2nccnc2c1C1CCN(C2CCOCC2)C1. The first-order valence-electron chi connectivity index (χ1n) is 8.92. The Labute approximate surface area is 151 Å². The second kappa shape index (κ2) is 6.97. The van der Waals surface area contributed by atoms with Gasteiger partial charge in [-0.25, -0.2) is 4.98 Å². The van der Waals surface area contributed by atoms with Crippen molar-refractivity contribution in [3.63, 3.8) is 0 Å². The van der Waals surface area contributed by atoms with Gasteiger partial charge in [-0.3, -0.25) is 14.7 Å². The number of hydrogen-bond donors (Lipinski definition) is 0. The maximum absolute atomic E-state index is 12.7. The van der Waals surface area contributed by atoms with Crippen LogP contribution in [-0.4, -0.2) is 72.1 Å². The van der Waals surface area contributed by atoms with Crippen molar-refractivity contribution in [2.24, 2.45) is 0 Å². The molecule has 0 bridgehead atoms. The van der Waals surface area contributed by atoms with Crippen LogP contribution in [0.15, 0.2) is 12.4 Å². The molecule has 2 aromatic rings. The Balaban J connectivity index is 1.66. The van der Waals surface area contributed by atoms with Crippen LogP contribution in [0.2, 0.25) is 0 Å². The smallest absolute Gasteiger partial charge is 0.263 e. The molecule has 2 aliphatic heterocycles. The summed E-state index contributed by atoms with van der Waals surface area (Å²) in [6.45, 7) is 3.81. The number of thiophene rings is 1. The highest BCUT2D eigenvalue weighted by Gasteiger charge is 2.35. The summed E-state index contributed by atoms with van der Waals surface area (Å²) in [5, 5.41) is 0. The van der Waals surface area contributed by atoms with Gasteiger partial charge in [-0.1, -0.05) is 0 Å². The third-order valence-electron chi connectivity index (χ3n) is 5.30. The minimum atomic E-state index is 0.0596. The number of amides is 1. The van der Waals surface area contributed by atoms with Gasteiger partial charge >= 0.3 is 0 Å². The molecule has 7 heteroatoms. The normalized spacial score (nSPS) is 22.6. The van der Waals surface area contributed by atoms with E-state index in [0.29, 0.717) is 12.0 Å². The second-order valence-electron chi connectivity index (χ2n) is 7.08. The number of carbonyl (C=O) groups excluding carboxylic acids is 1. The average Bonchev–Trinajstić information content (AvgIpc) is 3.26. The molecule has 4 heterocycles.